The second-order valence-electron chi connectivity index (χ2n) is 24.1. The Morgan fingerprint density at radius 2 is 1.54 bits per heavy atom. The van der Waals surface area contributed by atoms with E-state index in [4.69, 9.17) is 63.7 Å². The first-order valence-electron chi connectivity index (χ1n) is 31.9. The molecule has 7 atom stereocenters. The van der Waals surface area contributed by atoms with E-state index in [-0.39, 0.29) is 99.0 Å². The number of rotatable bonds is 29. The van der Waals surface area contributed by atoms with E-state index in [2.05, 4.69) is 26.3 Å². The Bertz CT molecular complexity index is 3610. The number of aliphatic hydroxyl groups is 1. The maximum atomic E-state index is 13.8. The number of thiophene rings is 1. The van der Waals surface area contributed by atoms with Crippen LogP contribution in [0.3, 0.4) is 0 Å². The second kappa shape index (κ2) is 31.0. The number of aromatic amines is 1. The quantitative estimate of drug-likeness (QED) is 0.0173. The van der Waals surface area contributed by atoms with Gasteiger partial charge in [-0.2, -0.15) is 0 Å². The zero-order valence-corrected chi connectivity index (χ0v) is 55.1. The van der Waals surface area contributed by atoms with E-state index < -0.39 is 24.4 Å². The number of aryl methyl sites for hydroxylation is 1. The molecule has 3 saturated heterocycles. The van der Waals surface area contributed by atoms with Gasteiger partial charge in [-0.15, -0.1) is 11.3 Å². The smallest absolute Gasteiger partial charge is 0.311 e. The van der Waals surface area contributed by atoms with Crippen LogP contribution < -0.4 is 29.0 Å². The molecule has 0 radical (unpaired) electrons. The van der Waals surface area contributed by atoms with Gasteiger partial charge in [-0.25, -0.2) is 0 Å². The van der Waals surface area contributed by atoms with Crippen LogP contribution in [-0.2, 0) is 65.4 Å². The number of benzene rings is 3. The fraction of sp³-hybridized carbons (Fsp3) is 0.529. The second-order valence-corrected chi connectivity index (χ2v) is 25.7. The Morgan fingerprint density at radius 3 is 2.25 bits per heavy atom. The number of imide groups is 1. The van der Waals surface area contributed by atoms with Gasteiger partial charge in [0.2, 0.25) is 29.4 Å². The summed E-state index contributed by atoms with van der Waals surface area (Å²) < 4.78 is 65.2. The number of piperidine rings is 2. The number of hydrogen-bond acceptors (Lipinski definition) is 20. The van der Waals surface area contributed by atoms with Crippen LogP contribution in [0.4, 0.5) is 0 Å². The largest absolute Gasteiger partial charge is 0.493 e. The topological polar surface area (TPSA) is 258 Å². The summed E-state index contributed by atoms with van der Waals surface area (Å²) in [4.78, 5) is 79.2. The van der Waals surface area contributed by atoms with Gasteiger partial charge in [-0.05, 0) is 97.7 Å². The van der Waals surface area contributed by atoms with E-state index in [0.29, 0.717) is 112 Å². The highest BCUT2D eigenvalue weighted by Crippen LogP contribution is 2.52. The normalized spacial score (nSPS) is 21.1. The number of amides is 4. The zero-order chi connectivity index (χ0) is 65.3. The lowest BCUT2D eigenvalue weighted by atomic mass is 9.63. The number of hydrogen-bond donors (Lipinski definition) is 3. The number of carbonyl (C=O) groups excluding carboxylic acids is 5. The van der Waals surface area contributed by atoms with Crippen molar-refractivity contribution in [1.29, 1.82) is 0 Å². The van der Waals surface area contributed by atoms with Gasteiger partial charge in [0.1, 0.15) is 17.6 Å². The summed E-state index contributed by atoms with van der Waals surface area (Å²) in [6.07, 6.45) is 3.27. The van der Waals surface area contributed by atoms with Gasteiger partial charge in [0.25, 0.3) is 0 Å². The molecule has 4 aliphatic heterocycles. The Morgan fingerprint density at radius 1 is 0.806 bits per heavy atom. The Kier molecular flexibility index (Phi) is 22.4. The number of nitrogens with one attached hydrogen (secondary N) is 2. The van der Waals surface area contributed by atoms with Crippen LogP contribution in [-0.4, -0.2) is 192 Å². The third-order valence-corrected chi connectivity index (χ3v) is 19.9. The monoisotopic (exact) mass is 1320 g/mol. The summed E-state index contributed by atoms with van der Waals surface area (Å²) in [5.74, 6) is 1.03. The van der Waals surface area contributed by atoms with E-state index in [1.165, 1.54) is 50.2 Å². The van der Waals surface area contributed by atoms with Crippen molar-refractivity contribution >= 4 is 73.7 Å². The molecular weight excluding hydrogens is 1240 g/mol. The lowest BCUT2D eigenvalue weighted by Crippen LogP contribution is -2.58. The number of likely N-dealkylation sites (tertiary alicyclic amines) is 2. The molecule has 25 heteroatoms. The molecule has 3 aromatic carbocycles. The Balaban J connectivity index is 0.554. The average Bonchev–Trinajstić information content (AvgIpc) is 1.74. The maximum absolute atomic E-state index is 13.8. The van der Waals surface area contributed by atoms with E-state index in [0.717, 1.165) is 73.6 Å². The van der Waals surface area contributed by atoms with Crippen LogP contribution in [0.2, 0.25) is 5.02 Å². The molecule has 1 unspecified atom stereocenters. The van der Waals surface area contributed by atoms with E-state index in [1.54, 1.807) is 25.4 Å². The maximum Gasteiger partial charge on any atom is 0.311 e. The number of carbonyl (C=O) groups is 5. The van der Waals surface area contributed by atoms with Crippen LogP contribution in [0.1, 0.15) is 91.0 Å². The molecule has 4 fully saturated rings. The predicted molar refractivity (Wildman–Crippen MR) is 345 cm³/mol. The molecule has 1 aliphatic carbocycles. The third kappa shape index (κ3) is 15.3. The number of nitrogens with zero attached hydrogens (tertiary/aromatic N) is 4. The number of aliphatic hydroxyl groups excluding tert-OH is 1. The highest BCUT2D eigenvalue weighted by molar-refractivity contribution is 7.19. The van der Waals surface area contributed by atoms with E-state index in [9.17, 15) is 29.1 Å². The van der Waals surface area contributed by atoms with Crippen LogP contribution in [0, 0.1) is 24.7 Å². The zero-order valence-electron chi connectivity index (χ0n) is 53.5. The highest BCUT2D eigenvalue weighted by Gasteiger charge is 2.54. The number of aromatic nitrogens is 2. The number of fused-ring (bicyclic) bond motifs is 7. The van der Waals surface area contributed by atoms with E-state index in [1.807, 2.05) is 48.2 Å². The van der Waals surface area contributed by atoms with Gasteiger partial charge in [0.05, 0.1) is 128 Å². The molecular formula is C68H83ClN6O17S. The van der Waals surface area contributed by atoms with Crippen molar-refractivity contribution in [1.82, 2.24) is 30.0 Å². The van der Waals surface area contributed by atoms with Gasteiger partial charge in [-0.1, -0.05) is 11.6 Å². The summed E-state index contributed by atoms with van der Waals surface area (Å²) in [5, 5.41) is 16.1. The van der Waals surface area contributed by atoms with Crippen molar-refractivity contribution in [3.05, 3.63) is 93.1 Å². The molecule has 0 bridgehead atoms. The van der Waals surface area contributed by atoms with Crippen LogP contribution in [0.5, 0.6) is 28.7 Å². The van der Waals surface area contributed by atoms with Crippen LogP contribution in [0.25, 0.3) is 32.2 Å². The first-order chi connectivity index (χ1) is 45.2. The Labute approximate surface area is 549 Å². The van der Waals surface area contributed by atoms with Crippen molar-refractivity contribution in [2.75, 3.05) is 115 Å². The summed E-state index contributed by atoms with van der Waals surface area (Å²) in [7, 11) is 7.48. The van der Waals surface area contributed by atoms with Crippen molar-refractivity contribution in [2.45, 2.75) is 102 Å². The molecule has 4 amide bonds. The molecule has 6 aromatic rings. The third-order valence-electron chi connectivity index (χ3n) is 18.6. The molecule has 7 heterocycles. The molecule has 3 N–H and O–H groups in total. The van der Waals surface area contributed by atoms with Gasteiger partial charge >= 0.3 is 5.97 Å². The lowest BCUT2D eigenvalue weighted by Gasteiger charge is -2.53. The summed E-state index contributed by atoms with van der Waals surface area (Å²) in [6, 6.07) is 16.9. The van der Waals surface area contributed by atoms with Gasteiger partial charge < -0.3 is 72.4 Å². The first-order valence-corrected chi connectivity index (χ1v) is 33.1. The van der Waals surface area contributed by atoms with Crippen LogP contribution in [0.15, 0.2) is 60.8 Å². The van der Waals surface area contributed by atoms with Gasteiger partial charge in [0.15, 0.2) is 17.8 Å². The minimum atomic E-state index is -1.38. The standard InChI is InChI=1S/C68H83ClN6O17S/c1-39-29-42(69)33-50(48-11-17-70-52-35-45(93-66(48)52)38-75-59(78)9-10-60(75)79)63(39)91-43-12-19-73(20-13-43)58(77)16-22-87-25-27-89-28-26-88-24-18-71-57(76)15-23-90-44-7-8-46-47-14-21-74-37-41-32-56(92-67(80)40-30-54(82-2)64(84-4)55(31-40)83-3)65(85-5)61(68(81)86-6)49(41)36-53(74)62(47)72-51(46)34-44/h7-8,11,17,29-31,33-35,41,43,49,53,56,61,65,67,72,80H,9-10,12-16,18-28,32,36-38H2,1-6H3,(H,71,76)/t41-,49+,53-,56-,61+,65+,67?/m1/s1. The number of H-pyrrole nitrogens is 1. The van der Waals surface area contributed by atoms with Crippen LogP contribution >= 0.6 is 22.9 Å². The van der Waals surface area contributed by atoms with Gasteiger partial charge in [0, 0.05) is 121 Å². The van der Waals surface area contributed by atoms with Crippen molar-refractivity contribution in [3.8, 4) is 39.9 Å². The van der Waals surface area contributed by atoms with E-state index >= 15 is 0 Å². The molecule has 3 aromatic heterocycles. The van der Waals surface area contributed by atoms with Crippen molar-refractivity contribution in [3.63, 3.8) is 0 Å². The van der Waals surface area contributed by atoms with Crippen molar-refractivity contribution in [2.24, 2.45) is 17.8 Å². The number of halogens is 1. The highest BCUT2D eigenvalue weighted by atomic mass is 35.5. The molecule has 1 saturated carbocycles. The fourth-order valence-corrected chi connectivity index (χ4v) is 15.4. The number of ether oxygens (including phenoxy) is 11. The lowest BCUT2D eigenvalue weighted by molar-refractivity contribution is -0.220. The molecule has 5 aliphatic rings. The first kappa shape index (κ1) is 67.3. The Hall–Kier alpha value is -7.13. The summed E-state index contributed by atoms with van der Waals surface area (Å²) in [6.45, 7) is 7.41. The molecule has 11 rings (SSSR count). The SMILES string of the molecule is COC(=O)[C@H]1[C@H]2C[C@@H]3c4[nH]c5cc(OCCC(=O)NCCOCCOCCOCCC(=O)N6CCC(Oc7c(C)cc(Cl)cc7-c7ccnc8cc(CN9C(=O)CCC9=O)sc78)CC6)ccc5c4CCN3C[C@H]2C[C@@H](OC(O)c2cc(OC)c(OC)c(OC)c2)[C@@H]1OC. The average molecular weight is 1320 g/mol. The fourth-order valence-electron chi connectivity index (χ4n) is 14.0. The minimum Gasteiger partial charge on any atom is -0.493 e. The minimum absolute atomic E-state index is 0.0248. The number of methoxy groups -OCH3 is 5. The van der Waals surface area contributed by atoms with Crippen molar-refractivity contribution < 1.29 is 81.2 Å². The summed E-state index contributed by atoms with van der Waals surface area (Å²) >= 11 is 8.13. The predicted octanol–water partition coefficient (Wildman–Crippen LogP) is 8.30. The molecule has 23 nitrogen and oxygen atoms in total. The summed E-state index contributed by atoms with van der Waals surface area (Å²) in [5.41, 5.74) is 7.11. The molecule has 93 heavy (non-hydrogen) atoms. The molecule has 500 valence electrons. The van der Waals surface area contributed by atoms with Gasteiger partial charge in [-0.3, -0.25) is 38.8 Å². The number of pyridine rings is 1. The molecule has 0 spiro atoms. The number of esters is 1.